The van der Waals surface area contributed by atoms with E-state index in [2.05, 4.69) is 15.0 Å². The number of fused-ring (bicyclic) bond motifs is 1. The summed E-state index contributed by atoms with van der Waals surface area (Å²) in [5, 5.41) is 3.72. The first kappa shape index (κ1) is 19.3. The second-order valence-electron chi connectivity index (χ2n) is 6.43. The smallest absolute Gasteiger partial charge is 0.312 e. The lowest BCUT2D eigenvalue weighted by molar-refractivity contribution is -0.148. The van der Waals surface area contributed by atoms with Crippen molar-refractivity contribution >= 4 is 39.8 Å². The van der Waals surface area contributed by atoms with Crippen LogP contribution in [0.15, 0.2) is 58.7 Å². The topological polar surface area (TPSA) is 84.9 Å². The van der Waals surface area contributed by atoms with E-state index in [1.54, 1.807) is 37.3 Å². The average Bonchev–Trinajstić information content (AvgIpc) is 3.16. The number of para-hydroxylation sites is 1. The molecule has 0 aliphatic heterocycles. The minimum absolute atomic E-state index is 0.0270. The average molecular weight is 426 g/mol. The van der Waals surface area contributed by atoms with Gasteiger partial charge in [0.25, 0.3) is 5.56 Å². The number of carbonyl (C=O) groups is 1. The highest BCUT2D eigenvalue weighted by molar-refractivity contribution is 7.13. The molecular formula is C21H16ClN3O3S. The summed E-state index contributed by atoms with van der Waals surface area (Å²) in [6.45, 7) is 1.67. The van der Waals surface area contributed by atoms with Crippen LogP contribution < -0.4 is 5.56 Å². The molecule has 6 nitrogen and oxygen atoms in total. The summed E-state index contributed by atoms with van der Waals surface area (Å²) in [6, 6.07) is 14.4. The van der Waals surface area contributed by atoms with Gasteiger partial charge in [0.05, 0.1) is 23.0 Å². The van der Waals surface area contributed by atoms with E-state index in [-0.39, 0.29) is 12.0 Å². The van der Waals surface area contributed by atoms with Gasteiger partial charge in [0.15, 0.2) is 11.9 Å². The molecule has 146 valence electrons. The Labute approximate surface area is 175 Å². The number of nitrogens with zero attached hydrogens (tertiary/aromatic N) is 2. The van der Waals surface area contributed by atoms with E-state index in [1.165, 1.54) is 11.3 Å². The Kier molecular flexibility index (Phi) is 5.42. The fraction of sp³-hybridized carbons (Fsp3) is 0.143. The highest BCUT2D eigenvalue weighted by Crippen LogP contribution is 2.26. The van der Waals surface area contributed by atoms with Crippen LogP contribution in [-0.4, -0.2) is 20.9 Å². The lowest BCUT2D eigenvalue weighted by Crippen LogP contribution is -2.18. The molecule has 0 bridgehead atoms. The maximum atomic E-state index is 12.3. The van der Waals surface area contributed by atoms with Crippen LogP contribution in [0.25, 0.3) is 21.5 Å². The van der Waals surface area contributed by atoms with Crippen molar-refractivity contribution in [3.63, 3.8) is 0 Å². The van der Waals surface area contributed by atoms with Gasteiger partial charge in [-0.15, -0.1) is 11.3 Å². The number of benzene rings is 2. The maximum Gasteiger partial charge on any atom is 0.312 e. The Hall–Kier alpha value is -3.03. The molecule has 1 atom stereocenters. The zero-order valence-electron chi connectivity index (χ0n) is 15.4. The molecule has 2 aromatic heterocycles. The number of hydrogen-bond donors (Lipinski definition) is 1. The molecule has 0 fully saturated rings. The molecular weight excluding hydrogens is 410 g/mol. The van der Waals surface area contributed by atoms with E-state index in [0.717, 1.165) is 10.6 Å². The minimum atomic E-state index is -0.689. The number of halogens is 1. The highest BCUT2D eigenvalue weighted by Gasteiger charge is 2.17. The van der Waals surface area contributed by atoms with E-state index in [0.29, 0.717) is 27.4 Å². The number of ether oxygens (including phenoxy) is 1. The SMILES string of the molecule is CC(OC(=O)Cc1csc(-c2cccc(Cl)c2)n1)c1nc2ccccc2c(=O)[nH]1. The van der Waals surface area contributed by atoms with E-state index in [4.69, 9.17) is 16.3 Å². The third-order valence-electron chi connectivity index (χ3n) is 4.27. The Morgan fingerprint density at radius 3 is 2.86 bits per heavy atom. The number of aromatic amines is 1. The van der Waals surface area contributed by atoms with Gasteiger partial charge in [0.2, 0.25) is 0 Å². The van der Waals surface area contributed by atoms with E-state index >= 15 is 0 Å². The zero-order chi connectivity index (χ0) is 20.4. The Morgan fingerprint density at radius 1 is 1.21 bits per heavy atom. The van der Waals surface area contributed by atoms with Gasteiger partial charge < -0.3 is 9.72 Å². The first-order chi connectivity index (χ1) is 14.0. The molecule has 0 saturated heterocycles. The molecule has 0 spiro atoms. The van der Waals surface area contributed by atoms with Crippen molar-refractivity contribution in [2.24, 2.45) is 0 Å². The molecule has 2 heterocycles. The Bertz CT molecular complexity index is 1250. The summed E-state index contributed by atoms with van der Waals surface area (Å²) < 4.78 is 5.45. The predicted molar refractivity (Wildman–Crippen MR) is 113 cm³/mol. The van der Waals surface area contributed by atoms with E-state index < -0.39 is 12.1 Å². The van der Waals surface area contributed by atoms with Gasteiger partial charge >= 0.3 is 5.97 Å². The number of thiazole rings is 1. The first-order valence-corrected chi connectivity index (χ1v) is 10.1. The molecule has 0 amide bonds. The van der Waals surface area contributed by atoms with Crippen molar-refractivity contribution < 1.29 is 9.53 Å². The maximum absolute atomic E-state index is 12.3. The molecule has 0 aliphatic rings. The molecule has 0 radical (unpaired) electrons. The van der Waals surface area contributed by atoms with Crippen molar-refractivity contribution in [3.05, 3.63) is 80.8 Å². The van der Waals surface area contributed by atoms with Crippen molar-refractivity contribution in [3.8, 4) is 10.6 Å². The summed E-state index contributed by atoms with van der Waals surface area (Å²) in [5.41, 5.74) is 1.80. The number of H-pyrrole nitrogens is 1. The lowest BCUT2D eigenvalue weighted by Gasteiger charge is -2.12. The van der Waals surface area contributed by atoms with Crippen molar-refractivity contribution in [2.75, 3.05) is 0 Å². The molecule has 1 N–H and O–H groups in total. The van der Waals surface area contributed by atoms with Gasteiger partial charge in [-0.1, -0.05) is 35.9 Å². The second kappa shape index (κ2) is 8.14. The van der Waals surface area contributed by atoms with Crippen molar-refractivity contribution in [2.45, 2.75) is 19.4 Å². The van der Waals surface area contributed by atoms with Crippen LogP contribution in [0.2, 0.25) is 5.02 Å². The van der Waals surface area contributed by atoms with E-state index in [9.17, 15) is 9.59 Å². The summed E-state index contributed by atoms with van der Waals surface area (Å²) in [6.07, 6.45) is -0.662. The van der Waals surface area contributed by atoms with Gasteiger partial charge in [0.1, 0.15) is 5.01 Å². The van der Waals surface area contributed by atoms with Crippen LogP contribution in [0.1, 0.15) is 24.5 Å². The van der Waals surface area contributed by atoms with E-state index in [1.807, 2.05) is 23.6 Å². The van der Waals surface area contributed by atoms with Crippen molar-refractivity contribution in [1.82, 2.24) is 15.0 Å². The minimum Gasteiger partial charge on any atom is -0.454 e. The summed E-state index contributed by atoms with van der Waals surface area (Å²) in [5.74, 6) is -0.142. The third kappa shape index (κ3) is 4.36. The fourth-order valence-electron chi connectivity index (χ4n) is 2.88. The van der Waals surface area contributed by atoms with Crippen LogP contribution >= 0.6 is 22.9 Å². The quantitative estimate of drug-likeness (QED) is 0.474. The van der Waals surface area contributed by atoms with Gasteiger partial charge in [-0.25, -0.2) is 9.97 Å². The van der Waals surface area contributed by atoms with Gasteiger partial charge in [0, 0.05) is 16.0 Å². The normalized spacial score (nSPS) is 12.1. The number of hydrogen-bond acceptors (Lipinski definition) is 6. The lowest BCUT2D eigenvalue weighted by atomic mass is 10.2. The molecule has 0 aliphatic carbocycles. The molecule has 4 aromatic rings. The third-order valence-corrected chi connectivity index (χ3v) is 5.45. The molecule has 8 heteroatoms. The highest BCUT2D eigenvalue weighted by atomic mass is 35.5. The number of rotatable bonds is 5. The van der Waals surface area contributed by atoms with Crippen LogP contribution in [0.5, 0.6) is 0 Å². The van der Waals surface area contributed by atoms with Crippen molar-refractivity contribution in [1.29, 1.82) is 0 Å². The Balaban J connectivity index is 1.45. The summed E-state index contributed by atoms with van der Waals surface area (Å²) in [4.78, 5) is 36.1. The fourth-order valence-corrected chi connectivity index (χ4v) is 3.89. The van der Waals surface area contributed by atoms with Crippen LogP contribution in [0, 0.1) is 0 Å². The van der Waals surface area contributed by atoms with Crippen LogP contribution in [-0.2, 0) is 16.0 Å². The summed E-state index contributed by atoms with van der Waals surface area (Å²) in [7, 11) is 0. The largest absolute Gasteiger partial charge is 0.454 e. The van der Waals surface area contributed by atoms with Crippen LogP contribution in [0.3, 0.4) is 0 Å². The monoisotopic (exact) mass is 425 g/mol. The molecule has 0 saturated carbocycles. The zero-order valence-corrected chi connectivity index (χ0v) is 17.0. The van der Waals surface area contributed by atoms with Crippen LogP contribution in [0.4, 0.5) is 0 Å². The first-order valence-electron chi connectivity index (χ1n) is 8.88. The number of carbonyl (C=O) groups excluding carboxylic acids is 1. The number of aromatic nitrogens is 3. The van der Waals surface area contributed by atoms with Gasteiger partial charge in [-0.3, -0.25) is 9.59 Å². The molecule has 2 aromatic carbocycles. The molecule has 4 rings (SSSR count). The van der Waals surface area contributed by atoms with Gasteiger partial charge in [-0.05, 0) is 31.2 Å². The second-order valence-corrected chi connectivity index (χ2v) is 7.73. The van der Waals surface area contributed by atoms with Gasteiger partial charge in [-0.2, -0.15) is 0 Å². The Morgan fingerprint density at radius 2 is 2.03 bits per heavy atom. The number of nitrogens with one attached hydrogen (secondary N) is 1. The standard InChI is InChI=1S/C21H16ClN3O3S/c1-12(19-24-17-8-3-2-7-16(17)20(27)25-19)28-18(26)10-15-11-29-21(23-15)13-5-4-6-14(22)9-13/h2-9,11-12H,10H2,1H3,(H,24,25,27). The number of esters is 1. The molecule has 29 heavy (non-hydrogen) atoms. The summed E-state index contributed by atoms with van der Waals surface area (Å²) >= 11 is 7.46. The predicted octanol–water partition coefficient (Wildman–Crippen LogP) is 4.55. The molecule has 1 unspecified atom stereocenters.